The van der Waals surface area contributed by atoms with E-state index in [1.54, 1.807) is 37.3 Å². The summed E-state index contributed by atoms with van der Waals surface area (Å²) in [7, 11) is 0. The normalized spacial score (nSPS) is 12.9. The molecule has 17 heavy (non-hydrogen) atoms. The van der Waals surface area contributed by atoms with E-state index in [0.29, 0.717) is 16.7 Å². The van der Waals surface area contributed by atoms with E-state index in [-0.39, 0.29) is 11.7 Å². The Hall–Kier alpha value is -1.96. The van der Waals surface area contributed by atoms with Crippen LogP contribution in [0.2, 0.25) is 0 Å². The maximum atomic E-state index is 13.9. The van der Waals surface area contributed by atoms with Gasteiger partial charge in [0.05, 0.1) is 0 Å². The number of hydrogen-bond donors (Lipinski definition) is 0. The number of benzene rings is 1. The van der Waals surface area contributed by atoms with Gasteiger partial charge in [-0.3, -0.25) is 0 Å². The van der Waals surface area contributed by atoms with Crippen molar-refractivity contribution < 1.29 is 9.18 Å². The van der Waals surface area contributed by atoms with Crippen molar-refractivity contribution in [2.75, 3.05) is 0 Å². The van der Waals surface area contributed by atoms with Crippen molar-refractivity contribution in [2.45, 2.75) is 12.8 Å². The zero-order valence-corrected chi connectivity index (χ0v) is 9.82. The highest BCUT2D eigenvalue weighted by atomic mass is 19.1. The third-order valence-corrected chi connectivity index (χ3v) is 2.55. The molecule has 0 spiro atoms. The molecule has 0 aliphatic heterocycles. The number of aldehydes is 1. The fourth-order valence-corrected chi connectivity index (χ4v) is 1.52. The van der Waals surface area contributed by atoms with Gasteiger partial charge in [-0.25, -0.2) is 4.39 Å². The van der Waals surface area contributed by atoms with E-state index in [1.165, 1.54) is 6.07 Å². The second-order valence-electron chi connectivity index (χ2n) is 3.73. The summed E-state index contributed by atoms with van der Waals surface area (Å²) in [6, 6.07) is 4.79. The summed E-state index contributed by atoms with van der Waals surface area (Å²) >= 11 is 0. The molecule has 0 saturated carbocycles. The smallest absolute Gasteiger partial charge is 0.131 e. The first kappa shape index (κ1) is 13.1. The predicted molar refractivity (Wildman–Crippen MR) is 69.3 cm³/mol. The first-order valence-electron chi connectivity index (χ1n) is 5.34. The van der Waals surface area contributed by atoms with Crippen LogP contribution >= 0.6 is 0 Å². The van der Waals surface area contributed by atoms with Crippen molar-refractivity contribution in [3.63, 3.8) is 0 Å². The van der Waals surface area contributed by atoms with Crippen LogP contribution in [-0.2, 0) is 4.79 Å². The van der Waals surface area contributed by atoms with E-state index in [2.05, 4.69) is 13.2 Å². The third-order valence-electron chi connectivity index (χ3n) is 2.55. The molecule has 1 nitrogen and oxygen atoms in total. The molecule has 0 aliphatic carbocycles. The van der Waals surface area contributed by atoms with Crippen molar-refractivity contribution in [3.8, 4) is 0 Å². The van der Waals surface area contributed by atoms with Crippen LogP contribution in [0.3, 0.4) is 0 Å². The summed E-state index contributed by atoms with van der Waals surface area (Å²) in [5.41, 5.74) is 1.80. The van der Waals surface area contributed by atoms with Crippen molar-refractivity contribution in [1.29, 1.82) is 0 Å². The molecule has 1 unspecified atom stereocenters. The second-order valence-corrected chi connectivity index (χ2v) is 3.73. The minimum Gasteiger partial charge on any atom is -0.303 e. The van der Waals surface area contributed by atoms with Crippen LogP contribution in [0.5, 0.6) is 0 Å². The average molecular weight is 230 g/mol. The highest BCUT2D eigenvalue weighted by Crippen LogP contribution is 2.23. The van der Waals surface area contributed by atoms with Crippen LogP contribution in [0.25, 0.3) is 5.57 Å². The van der Waals surface area contributed by atoms with Crippen LogP contribution in [0.1, 0.15) is 24.0 Å². The molecular formula is C15H15FO. The molecule has 0 amide bonds. The molecular weight excluding hydrogens is 215 g/mol. The molecule has 88 valence electrons. The standard InChI is InChI=1S/C15H15FO/c1-4-6-12(5-2)14-8-7-13(9-15(14)16)11(3)10-17/h4-11H,1-2H2,3H3/b12-6+. The first-order valence-corrected chi connectivity index (χ1v) is 5.34. The Morgan fingerprint density at radius 2 is 2.12 bits per heavy atom. The molecule has 0 aliphatic rings. The number of allylic oxidation sites excluding steroid dienone is 4. The molecule has 0 saturated heterocycles. The summed E-state index contributed by atoms with van der Waals surface area (Å²) in [6.45, 7) is 8.93. The topological polar surface area (TPSA) is 17.1 Å². The Labute approximate surface area is 101 Å². The monoisotopic (exact) mass is 230 g/mol. The molecule has 1 atom stereocenters. The minimum absolute atomic E-state index is 0.297. The quantitative estimate of drug-likeness (QED) is 0.554. The fraction of sp³-hybridized carbons (Fsp3) is 0.133. The maximum absolute atomic E-state index is 13.9. The van der Waals surface area contributed by atoms with E-state index in [1.807, 2.05) is 0 Å². The van der Waals surface area contributed by atoms with E-state index in [4.69, 9.17) is 0 Å². The first-order chi connectivity index (χ1) is 8.13. The van der Waals surface area contributed by atoms with Gasteiger partial charge in [0.2, 0.25) is 0 Å². The molecule has 1 aromatic carbocycles. The van der Waals surface area contributed by atoms with E-state index < -0.39 is 0 Å². The van der Waals surface area contributed by atoms with Crippen molar-refractivity contribution in [1.82, 2.24) is 0 Å². The number of carbonyl (C=O) groups is 1. The molecule has 0 radical (unpaired) electrons. The largest absolute Gasteiger partial charge is 0.303 e. The van der Waals surface area contributed by atoms with Crippen LogP contribution in [-0.4, -0.2) is 6.29 Å². The number of halogens is 1. The fourth-order valence-electron chi connectivity index (χ4n) is 1.52. The van der Waals surface area contributed by atoms with Gasteiger partial charge in [-0.15, -0.1) is 0 Å². The predicted octanol–water partition coefficient (Wildman–Crippen LogP) is 3.88. The van der Waals surface area contributed by atoms with Crippen LogP contribution < -0.4 is 0 Å². The molecule has 0 aromatic heterocycles. The Kier molecular flexibility index (Phi) is 4.58. The summed E-state index contributed by atoms with van der Waals surface area (Å²) < 4.78 is 13.9. The lowest BCUT2D eigenvalue weighted by molar-refractivity contribution is -0.108. The highest BCUT2D eigenvalue weighted by Gasteiger charge is 2.09. The summed E-state index contributed by atoms with van der Waals surface area (Å²) in [4.78, 5) is 10.6. The Bertz CT molecular complexity index is 472. The molecule has 1 rings (SSSR count). The van der Waals surface area contributed by atoms with E-state index in [0.717, 1.165) is 6.29 Å². The zero-order chi connectivity index (χ0) is 12.8. The van der Waals surface area contributed by atoms with Gasteiger partial charge in [0.1, 0.15) is 12.1 Å². The Morgan fingerprint density at radius 1 is 1.41 bits per heavy atom. The maximum Gasteiger partial charge on any atom is 0.131 e. The van der Waals surface area contributed by atoms with E-state index in [9.17, 15) is 9.18 Å². The molecule has 0 heterocycles. The lowest BCUT2D eigenvalue weighted by Crippen LogP contribution is -1.97. The average Bonchev–Trinajstić information content (AvgIpc) is 2.35. The third kappa shape index (κ3) is 3.00. The Morgan fingerprint density at radius 3 is 2.59 bits per heavy atom. The van der Waals surface area contributed by atoms with Gasteiger partial charge in [-0.05, 0) is 17.2 Å². The molecule has 1 aromatic rings. The van der Waals surface area contributed by atoms with Gasteiger partial charge in [-0.2, -0.15) is 0 Å². The van der Waals surface area contributed by atoms with Crippen LogP contribution in [0.15, 0.2) is 49.6 Å². The van der Waals surface area contributed by atoms with E-state index >= 15 is 0 Å². The van der Waals surface area contributed by atoms with Gasteiger partial charge >= 0.3 is 0 Å². The second kappa shape index (κ2) is 5.94. The minimum atomic E-state index is -0.357. The van der Waals surface area contributed by atoms with Gasteiger partial charge in [0.25, 0.3) is 0 Å². The van der Waals surface area contributed by atoms with Crippen LogP contribution in [0.4, 0.5) is 4.39 Å². The highest BCUT2D eigenvalue weighted by molar-refractivity contribution is 5.75. The Balaban J connectivity index is 3.21. The summed E-state index contributed by atoms with van der Waals surface area (Å²) in [6.07, 6.45) is 5.64. The summed E-state index contributed by atoms with van der Waals surface area (Å²) in [5.74, 6) is -0.654. The molecule has 0 bridgehead atoms. The zero-order valence-electron chi connectivity index (χ0n) is 9.82. The van der Waals surface area contributed by atoms with Crippen molar-refractivity contribution in [2.24, 2.45) is 0 Å². The molecule has 2 heteroatoms. The van der Waals surface area contributed by atoms with Gasteiger partial charge < -0.3 is 4.79 Å². The van der Waals surface area contributed by atoms with Gasteiger partial charge in [0.15, 0.2) is 0 Å². The summed E-state index contributed by atoms with van der Waals surface area (Å²) in [5, 5.41) is 0. The lowest BCUT2D eigenvalue weighted by Gasteiger charge is -2.08. The molecule has 0 N–H and O–H groups in total. The van der Waals surface area contributed by atoms with Gasteiger partial charge in [0, 0.05) is 11.5 Å². The van der Waals surface area contributed by atoms with Crippen molar-refractivity contribution >= 4 is 11.9 Å². The number of hydrogen-bond acceptors (Lipinski definition) is 1. The van der Waals surface area contributed by atoms with Crippen LogP contribution in [0, 0.1) is 5.82 Å². The van der Waals surface area contributed by atoms with Crippen molar-refractivity contribution in [3.05, 3.63) is 66.5 Å². The number of carbonyl (C=O) groups excluding carboxylic acids is 1. The SMILES string of the molecule is C=C/C=C(\C=C)c1ccc(C(C)C=O)cc1F. The number of rotatable bonds is 5. The lowest BCUT2D eigenvalue weighted by atomic mass is 9.97. The molecule has 0 fully saturated rings. The van der Waals surface area contributed by atoms with Gasteiger partial charge in [-0.1, -0.05) is 50.4 Å².